The summed E-state index contributed by atoms with van der Waals surface area (Å²) in [6.07, 6.45) is 0. The van der Waals surface area contributed by atoms with Crippen LogP contribution in [-0.4, -0.2) is 17.2 Å². The normalized spacial score (nSPS) is 11.0. The highest BCUT2D eigenvalue weighted by atomic mass is 16.3. The van der Waals surface area contributed by atoms with Crippen LogP contribution in [-0.2, 0) is 17.9 Å². The molecule has 0 unspecified atom stereocenters. The molecule has 0 saturated carbocycles. The quantitative estimate of drug-likeness (QED) is 0.567. The third-order valence-electron chi connectivity index (χ3n) is 3.42. The molecule has 8 heteroatoms. The lowest BCUT2D eigenvalue weighted by molar-refractivity contribution is -0.341. The maximum absolute atomic E-state index is 11.4. The van der Waals surface area contributed by atoms with Gasteiger partial charge in [-0.15, -0.1) is 34.5 Å². The minimum absolute atomic E-state index is 0.0220. The molecular formula is C17H13NO7-6. The molecule has 0 spiro atoms. The van der Waals surface area contributed by atoms with Gasteiger partial charge in [-0.3, -0.25) is 9.69 Å². The molecule has 2 rings (SSSR count). The van der Waals surface area contributed by atoms with Gasteiger partial charge in [-0.05, 0) is 18.1 Å². The van der Waals surface area contributed by atoms with E-state index in [1.807, 2.05) is 0 Å². The van der Waals surface area contributed by atoms with Crippen molar-refractivity contribution < 1.29 is 35.4 Å². The Bertz CT molecular complexity index is 698. The van der Waals surface area contributed by atoms with E-state index >= 15 is 0 Å². The smallest absolute Gasteiger partial charge is 0.143 e. The van der Waals surface area contributed by atoms with Crippen molar-refractivity contribution in [1.29, 1.82) is 0 Å². The van der Waals surface area contributed by atoms with Crippen LogP contribution in [0.2, 0.25) is 0 Å². The lowest BCUT2D eigenvalue weighted by atomic mass is 10.1. The van der Waals surface area contributed by atoms with Crippen molar-refractivity contribution in [3.05, 3.63) is 35.4 Å². The van der Waals surface area contributed by atoms with Gasteiger partial charge < -0.3 is 30.6 Å². The lowest BCUT2D eigenvalue weighted by Crippen LogP contribution is -2.28. The molecule has 0 amide bonds. The zero-order valence-corrected chi connectivity index (χ0v) is 13.2. The van der Waals surface area contributed by atoms with Crippen LogP contribution in [0.3, 0.4) is 0 Å². The fraction of sp³-hybridized carbons (Fsp3) is 0.235. The molecule has 0 aromatic heterocycles. The monoisotopic (exact) mass is 343 g/mol. The van der Waals surface area contributed by atoms with Gasteiger partial charge in [0.1, 0.15) is 5.78 Å². The predicted octanol–water partition coefficient (Wildman–Crippen LogP) is -2.28. The Morgan fingerprint density at radius 3 is 1.36 bits per heavy atom. The predicted molar refractivity (Wildman–Crippen MR) is 74.4 cm³/mol. The zero-order chi connectivity index (χ0) is 18.7. The van der Waals surface area contributed by atoms with Gasteiger partial charge in [0.15, 0.2) is 0 Å². The fourth-order valence-electron chi connectivity index (χ4n) is 2.44. The number of hydrogen-bond donors (Lipinski definition) is 0. The first kappa shape index (κ1) is 18.2. The van der Waals surface area contributed by atoms with E-state index in [1.165, 1.54) is 11.8 Å². The van der Waals surface area contributed by atoms with Crippen molar-refractivity contribution in [1.82, 2.24) is 4.90 Å². The third kappa shape index (κ3) is 4.45. The van der Waals surface area contributed by atoms with Crippen molar-refractivity contribution in [2.24, 2.45) is 0 Å². The summed E-state index contributed by atoms with van der Waals surface area (Å²) >= 11 is 0. The van der Waals surface area contributed by atoms with Gasteiger partial charge in [0.2, 0.25) is 0 Å². The Morgan fingerprint density at radius 2 is 1.08 bits per heavy atom. The molecule has 2 aromatic rings. The minimum Gasteiger partial charge on any atom is -0.873 e. The Hall–Kier alpha value is -3.13. The molecule has 0 aliphatic carbocycles. The standard InChI is InChI=1S/C17H19NO7/c1-9(19)6-18(7-10-2-12(20)16(24)13(21)3-10)8-11-4-14(22)17(25)15(23)5-11/h2-5,20-25H,6-8H2,1H3/p-6. The first-order valence-corrected chi connectivity index (χ1v) is 7.25. The summed E-state index contributed by atoms with van der Waals surface area (Å²) in [5, 5.41) is 68.1. The van der Waals surface area contributed by atoms with Crippen molar-refractivity contribution in [2.75, 3.05) is 6.54 Å². The second-order valence-electron chi connectivity index (χ2n) is 5.69. The van der Waals surface area contributed by atoms with E-state index in [4.69, 9.17) is 0 Å². The van der Waals surface area contributed by atoms with Gasteiger partial charge in [0.25, 0.3) is 0 Å². The molecule has 2 aromatic carbocycles. The van der Waals surface area contributed by atoms with Crippen LogP contribution in [0.4, 0.5) is 0 Å². The first-order chi connectivity index (χ1) is 11.7. The van der Waals surface area contributed by atoms with Crippen molar-refractivity contribution >= 4 is 5.78 Å². The third-order valence-corrected chi connectivity index (χ3v) is 3.42. The first-order valence-electron chi connectivity index (χ1n) is 7.25. The molecule has 0 atom stereocenters. The number of Topliss-reactive ketones (excluding diaryl/α,β-unsaturated/α-hetero) is 1. The van der Waals surface area contributed by atoms with Gasteiger partial charge in [0.05, 0.1) is 6.54 Å². The van der Waals surface area contributed by atoms with E-state index < -0.39 is 34.5 Å². The maximum atomic E-state index is 11.4. The number of benzene rings is 2. The average Bonchev–Trinajstić information content (AvgIpc) is 2.49. The van der Waals surface area contributed by atoms with Gasteiger partial charge in [0, 0.05) is 13.1 Å². The number of hydrogen-bond acceptors (Lipinski definition) is 8. The summed E-state index contributed by atoms with van der Waals surface area (Å²) < 4.78 is 0. The van der Waals surface area contributed by atoms with Crippen molar-refractivity contribution in [3.8, 4) is 34.5 Å². The van der Waals surface area contributed by atoms with E-state index in [2.05, 4.69) is 0 Å². The van der Waals surface area contributed by atoms with Crippen LogP contribution in [0.25, 0.3) is 0 Å². The van der Waals surface area contributed by atoms with Crippen LogP contribution in [0, 0.1) is 0 Å². The average molecular weight is 343 g/mol. The van der Waals surface area contributed by atoms with Crippen molar-refractivity contribution in [3.63, 3.8) is 0 Å². The Kier molecular flexibility index (Phi) is 5.23. The van der Waals surface area contributed by atoms with Gasteiger partial charge in [-0.1, -0.05) is 24.3 Å². The van der Waals surface area contributed by atoms with Crippen LogP contribution < -0.4 is 30.6 Å². The molecule has 134 valence electrons. The molecular weight excluding hydrogens is 330 g/mol. The Labute approximate surface area is 143 Å². The van der Waals surface area contributed by atoms with Crippen LogP contribution in [0.1, 0.15) is 18.1 Å². The second-order valence-corrected chi connectivity index (χ2v) is 5.69. The second kappa shape index (κ2) is 7.18. The SMILES string of the molecule is CC(=O)CN(Cc1cc([O-])c([O-])c([O-])c1)Cc1cc([O-])c([O-])c([O-])c1. The van der Waals surface area contributed by atoms with E-state index in [9.17, 15) is 35.4 Å². The van der Waals surface area contributed by atoms with E-state index in [0.29, 0.717) is 0 Å². The highest BCUT2D eigenvalue weighted by Crippen LogP contribution is 2.31. The lowest BCUT2D eigenvalue weighted by Gasteiger charge is -2.30. The molecule has 0 fully saturated rings. The van der Waals surface area contributed by atoms with Crippen molar-refractivity contribution in [2.45, 2.75) is 20.0 Å². The summed E-state index contributed by atoms with van der Waals surface area (Å²) in [6.45, 7) is 1.20. The number of ketones is 1. The highest BCUT2D eigenvalue weighted by molar-refractivity contribution is 5.77. The summed E-state index contributed by atoms with van der Waals surface area (Å²) in [5.74, 6) is -6.24. The van der Waals surface area contributed by atoms with E-state index in [0.717, 1.165) is 24.3 Å². The number of carbonyl (C=O) groups is 1. The van der Waals surface area contributed by atoms with Crippen LogP contribution in [0.15, 0.2) is 24.3 Å². The minimum atomic E-state index is -1.13. The Balaban J connectivity index is 2.26. The molecule has 8 nitrogen and oxygen atoms in total. The molecule has 25 heavy (non-hydrogen) atoms. The maximum Gasteiger partial charge on any atom is 0.143 e. The Morgan fingerprint density at radius 1 is 0.760 bits per heavy atom. The van der Waals surface area contributed by atoms with Crippen LogP contribution >= 0.6 is 0 Å². The molecule has 0 aliphatic rings. The number of rotatable bonds is 6. The van der Waals surface area contributed by atoms with E-state index in [1.54, 1.807) is 0 Å². The molecule has 0 bridgehead atoms. The number of nitrogens with zero attached hydrogens (tertiary/aromatic N) is 1. The largest absolute Gasteiger partial charge is 0.873 e. The summed E-state index contributed by atoms with van der Waals surface area (Å²) in [5.41, 5.74) is 0.474. The van der Waals surface area contributed by atoms with Gasteiger partial charge in [-0.2, -0.15) is 0 Å². The number of carbonyl (C=O) groups excluding carboxylic acids is 1. The van der Waals surface area contributed by atoms with Crippen LogP contribution in [0.5, 0.6) is 34.5 Å². The highest BCUT2D eigenvalue weighted by Gasteiger charge is 2.10. The summed E-state index contributed by atoms with van der Waals surface area (Å²) in [4.78, 5) is 12.9. The fourth-order valence-corrected chi connectivity index (χ4v) is 2.44. The zero-order valence-electron chi connectivity index (χ0n) is 13.2. The van der Waals surface area contributed by atoms with E-state index in [-0.39, 0.29) is 36.5 Å². The topological polar surface area (TPSA) is 159 Å². The molecule has 0 N–H and O–H groups in total. The summed E-state index contributed by atoms with van der Waals surface area (Å²) in [7, 11) is 0. The van der Waals surface area contributed by atoms with Gasteiger partial charge >= 0.3 is 0 Å². The molecule has 0 aliphatic heterocycles. The summed E-state index contributed by atoms with van der Waals surface area (Å²) in [6, 6.07) is 4.04. The molecule has 0 heterocycles. The molecule has 0 radical (unpaired) electrons. The molecule has 0 saturated heterocycles. The van der Waals surface area contributed by atoms with Gasteiger partial charge in [-0.25, -0.2) is 0 Å².